The SMILES string of the molecule is CCOc1ccc(N(CCC#N)C(=O)CCCOc2ccc3c(c2)CCC(=O)N3)cc1. The molecule has 7 heteroatoms. The largest absolute Gasteiger partial charge is 0.494 e. The number of nitrogens with zero attached hydrogens (tertiary/aromatic N) is 2. The van der Waals surface area contributed by atoms with E-state index in [0.29, 0.717) is 45.4 Å². The van der Waals surface area contributed by atoms with Gasteiger partial charge in [0.15, 0.2) is 0 Å². The van der Waals surface area contributed by atoms with E-state index >= 15 is 0 Å². The lowest BCUT2D eigenvalue weighted by molar-refractivity contribution is -0.119. The summed E-state index contributed by atoms with van der Waals surface area (Å²) in [5.74, 6) is 1.47. The van der Waals surface area contributed by atoms with E-state index in [1.807, 2.05) is 49.4 Å². The Balaban J connectivity index is 1.52. The molecule has 0 radical (unpaired) electrons. The normalized spacial score (nSPS) is 12.3. The van der Waals surface area contributed by atoms with Crippen molar-refractivity contribution in [3.63, 3.8) is 0 Å². The lowest BCUT2D eigenvalue weighted by Gasteiger charge is -2.22. The predicted octanol–water partition coefficient (Wildman–Crippen LogP) is 4.08. The number of hydrogen-bond donors (Lipinski definition) is 1. The first-order valence-corrected chi connectivity index (χ1v) is 10.6. The van der Waals surface area contributed by atoms with Crippen LogP contribution in [0.5, 0.6) is 11.5 Å². The molecular weight excluding hydrogens is 394 g/mol. The van der Waals surface area contributed by atoms with Crippen molar-refractivity contribution < 1.29 is 19.1 Å². The fourth-order valence-corrected chi connectivity index (χ4v) is 3.45. The molecule has 1 aliphatic heterocycles. The number of fused-ring (bicyclic) bond motifs is 1. The van der Waals surface area contributed by atoms with E-state index in [2.05, 4.69) is 11.4 Å². The molecule has 0 saturated heterocycles. The van der Waals surface area contributed by atoms with Gasteiger partial charge in [-0.15, -0.1) is 0 Å². The van der Waals surface area contributed by atoms with Gasteiger partial charge in [-0.1, -0.05) is 0 Å². The van der Waals surface area contributed by atoms with Crippen LogP contribution in [0.25, 0.3) is 0 Å². The molecule has 0 fully saturated rings. The van der Waals surface area contributed by atoms with Crippen molar-refractivity contribution in [1.82, 2.24) is 0 Å². The first-order chi connectivity index (χ1) is 15.1. The first-order valence-electron chi connectivity index (χ1n) is 10.6. The van der Waals surface area contributed by atoms with Crippen LogP contribution in [0.1, 0.15) is 38.2 Å². The summed E-state index contributed by atoms with van der Waals surface area (Å²) in [4.78, 5) is 25.9. The van der Waals surface area contributed by atoms with Crippen molar-refractivity contribution in [2.24, 2.45) is 0 Å². The molecule has 0 bridgehead atoms. The molecule has 1 heterocycles. The van der Waals surface area contributed by atoms with Gasteiger partial charge >= 0.3 is 0 Å². The number of nitrogens with one attached hydrogen (secondary N) is 1. The molecule has 0 unspecified atom stereocenters. The number of aryl methyl sites for hydroxylation is 1. The van der Waals surface area contributed by atoms with E-state index < -0.39 is 0 Å². The standard InChI is InChI=1S/C24H27N3O4/c1-2-30-20-9-7-19(8-10-20)27(15-4-14-25)24(29)5-3-16-31-21-11-12-22-18(17-21)6-13-23(28)26-22/h7-12,17H,2-6,13,15-16H2,1H3,(H,26,28). The molecule has 162 valence electrons. The number of carbonyl (C=O) groups excluding carboxylic acids is 2. The topological polar surface area (TPSA) is 91.7 Å². The lowest BCUT2D eigenvalue weighted by atomic mass is 10.0. The fourth-order valence-electron chi connectivity index (χ4n) is 3.45. The second-order valence-corrected chi connectivity index (χ2v) is 7.20. The van der Waals surface area contributed by atoms with Crippen molar-refractivity contribution in [2.45, 2.75) is 39.0 Å². The molecule has 0 spiro atoms. The van der Waals surface area contributed by atoms with Gasteiger partial charge in [-0.3, -0.25) is 9.59 Å². The van der Waals surface area contributed by atoms with E-state index in [1.54, 1.807) is 4.90 Å². The Morgan fingerprint density at radius 1 is 1.13 bits per heavy atom. The number of nitriles is 1. The summed E-state index contributed by atoms with van der Waals surface area (Å²) in [6, 6.07) is 15.0. The van der Waals surface area contributed by atoms with Crippen LogP contribution in [-0.2, 0) is 16.0 Å². The number of benzene rings is 2. The first kappa shape index (κ1) is 22.2. The Labute approximate surface area is 182 Å². The third-order valence-electron chi connectivity index (χ3n) is 4.98. The molecule has 31 heavy (non-hydrogen) atoms. The predicted molar refractivity (Wildman–Crippen MR) is 118 cm³/mol. The average Bonchev–Trinajstić information content (AvgIpc) is 2.78. The lowest BCUT2D eigenvalue weighted by Crippen LogP contribution is -2.31. The molecule has 1 N–H and O–H groups in total. The van der Waals surface area contributed by atoms with E-state index in [4.69, 9.17) is 14.7 Å². The van der Waals surface area contributed by atoms with Crippen LogP contribution in [0.4, 0.5) is 11.4 Å². The zero-order valence-electron chi connectivity index (χ0n) is 17.7. The maximum atomic E-state index is 12.8. The van der Waals surface area contributed by atoms with Gasteiger partial charge in [0.2, 0.25) is 11.8 Å². The summed E-state index contributed by atoms with van der Waals surface area (Å²) < 4.78 is 11.3. The maximum absolute atomic E-state index is 12.8. The van der Waals surface area contributed by atoms with Gasteiger partial charge in [-0.25, -0.2) is 0 Å². The van der Waals surface area contributed by atoms with Crippen LogP contribution in [0.2, 0.25) is 0 Å². The number of ether oxygens (including phenoxy) is 2. The van der Waals surface area contributed by atoms with E-state index in [9.17, 15) is 9.59 Å². The highest BCUT2D eigenvalue weighted by molar-refractivity contribution is 5.94. The summed E-state index contributed by atoms with van der Waals surface area (Å²) in [6.07, 6.45) is 2.33. The molecule has 1 aliphatic rings. The Morgan fingerprint density at radius 2 is 1.90 bits per heavy atom. The van der Waals surface area contributed by atoms with E-state index in [-0.39, 0.29) is 18.2 Å². The Morgan fingerprint density at radius 3 is 2.65 bits per heavy atom. The molecule has 0 aromatic heterocycles. The van der Waals surface area contributed by atoms with Crippen molar-refractivity contribution in [3.05, 3.63) is 48.0 Å². The minimum Gasteiger partial charge on any atom is -0.494 e. The highest BCUT2D eigenvalue weighted by atomic mass is 16.5. The van der Waals surface area contributed by atoms with Crippen LogP contribution in [0.15, 0.2) is 42.5 Å². The summed E-state index contributed by atoms with van der Waals surface area (Å²) in [5, 5.41) is 11.8. The molecule has 2 aromatic rings. The van der Waals surface area contributed by atoms with Crippen LogP contribution in [0.3, 0.4) is 0 Å². The Kier molecular flexibility index (Phi) is 7.88. The second-order valence-electron chi connectivity index (χ2n) is 7.20. The van der Waals surface area contributed by atoms with Crippen LogP contribution in [-0.4, -0.2) is 31.6 Å². The zero-order chi connectivity index (χ0) is 22.1. The number of carbonyl (C=O) groups is 2. The summed E-state index contributed by atoms with van der Waals surface area (Å²) in [5.41, 5.74) is 2.65. The van der Waals surface area contributed by atoms with Gasteiger partial charge in [0.05, 0.1) is 25.7 Å². The zero-order valence-corrected chi connectivity index (χ0v) is 17.7. The smallest absolute Gasteiger partial charge is 0.227 e. The van der Waals surface area contributed by atoms with Crippen molar-refractivity contribution >= 4 is 23.2 Å². The van der Waals surface area contributed by atoms with Gasteiger partial charge in [0.25, 0.3) is 0 Å². The van der Waals surface area contributed by atoms with Crippen LogP contribution in [0, 0.1) is 11.3 Å². The minimum absolute atomic E-state index is 0.0353. The Hall–Kier alpha value is -3.53. The third-order valence-corrected chi connectivity index (χ3v) is 4.98. The summed E-state index contributed by atoms with van der Waals surface area (Å²) >= 11 is 0. The minimum atomic E-state index is -0.0452. The van der Waals surface area contributed by atoms with Crippen molar-refractivity contribution in [2.75, 3.05) is 30.0 Å². The van der Waals surface area contributed by atoms with Gasteiger partial charge in [-0.2, -0.15) is 5.26 Å². The van der Waals surface area contributed by atoms with Crippen LogP contribution < -0.4 is 19.7 Å². The van der Waals surface area contributed by atoms with Crippen molar-refractivity contribution in [3.8, 4) is 17.6 Å². The third kappa shape index (κ3) is 6.22. The van der Waals surface area contributed by atoms with Gasteiger partial charge in [0.1, 0.15) is 11.5 Å². The molecule has 2 aromatic carbocycles. The van der Waals surface area contributed by atoms with E-state index in [1.165, 1.54) is 0 Å². The molecule has 0 aliphatic carbocycles. The van der Waals surface area contributed by atoms with Gasteiger partial charge < -0.3 is 19.7 Å². The second kappa shape index (κ2) is 11.0. The molecule has 3 rings (SSSR count). The molecule has 0 saturated carbocycles. The van der Waals surface area contributed by atoms with E-state index in [0.717, 1.165) is 28.4 Å². The maximum Gasteiger partial charge on any atom is 0.227 e. The number of rotatable bonds is 10. The number of hydrogen-bond acceptors (Lipinski definition) is 5. The summed E-state index contributed by atoms with van der Waals surface area (Å²) in [7, 11) is 0. The fraction of sp³-hybridized carbons (Fsp3) is 0.375. The number of amides is 2. The van der Waals surface area contributed by atoms with Gasteiger partial charge in [-0.05, 0) is 67.8 Å². The highest BCUT2D eigenvalue weighted by Gasteiger charge is 2.17. The highest BCUT2D eigenvalue weighted by Crippen LogP contribution is 2.27. The van der Waals surface area contributed by atoms with Crippen LogP contribution >= 0.6 is 0 Å². The quantitative estimate of drug-likeness (QED) is 0.584. The Bertz CT molecular complexity index is 950. The van der Waals surface area contributed by atoms with Crippen molar-refractivity contribution in [1.29, 1.82) is 5.26 Å². The molecule has 0 atom stereocenters. The number of anilines is 2. The molecular formula is C24H27N3O4. The van der Waals surface area contributed by atoms with Gasteiger partial charge in [0, 0.05) is 30.8 Å². The molecule has 2 amide bonds. The summed E-state index contributed by atoms with van der Waals surface area (Å²) in [6.45, 7) is 3.25. The molecule has 7 nitrogen and oxygen atoms in total. The average molecular weight is 421 g/mol. The monoisotopic (exact) mass is 421 g/mol.